The first kappa shape index (κ1) is 14.7. The summed E-state index contributed by atoms with van der Waals surface area (Å²) >= 11 is 0. The van der Waals surface area contributed by atoms with Gasteiger partial charge in [0.2, 0.25) is 5.78 Å². The molecule has 1 aromatic carbocycles. The van der Waals surface area contributed by atoms with Gasteiger partial charge in [-0.05, 0) is 12.0 Å². The number of carbonyl (C=O) groups is 1. The molecule has 5 heteroatoms. The Morgan fingerprint density at radius 1 is 1.40 bits per heavy atom. The van der Waals surface area contributed by atoms with Crippen molar-refractivity contribution in [3.05, 3.63) is 46.0 Å². The summed E-state index contributed by atoms with van der Waals surface area (Å²) in [4.78, 5) is 25.2. The minimum atomic E-state index is -1.38. The first-order chi connectivity index (χ1) is 9.58. The summed E-state index contributed by atoms with van der Waals surface area (Å²) in [6.45, 7) is 3.37. The average molecular weight is 276 g/mol. The van der Waals surface area contributed by atoms with Crippen molar-refractivity contribution in [2.45, 2.75) is 38.3 Å². The molecule has 0 aromatic heterocycles. The first-order valence-electron chi connectivity index (χ1n) is 7.02. The minimum absolute atomic E-state index is 0.222. The summed E-state index contributed by atoms with van der Waals surface area (Å²) in [7, 11) is 0. The molecule has 1 aliphatic heterocycles. The molecule has 1 heterocycles. The van der Waals surface area contributed by atoms with Gasteiger partial charge in [-0.2, -0.15) is 0 Å². The molecule has 1 aromatic rings. The number of hydrogen-bond acceptors (Lipinski definition) is 4. The number of benzene rings is 1. The molecule has 1 aliphatic rings. The van der Waals surface area contributed by atoms with Gasteiger partial charge in [-0.25, -0.2) is 0 Å². The lowest BCUT2D eigenvalue weighted by atomic mass is 9.91. The van der Waals surface area contributed by atoms with Crippen LogP contribution in [0.1, 0.15) is 31.7 Å². The molecule has 0 spiro atoms. The third-order valence-electron chi connectivity index (χ3n) is 3.92. The van der Waals surface area contributed by atoms with E-state index in [1.165, 1.54) is 0 Å². The third kappa shape index (κ3) is 2.88. The second-order valence-electron chi connectivity index (χ2n) is 5.41. The van der Waals surface area contributed by atoms with Crippen molar-refractivity contribution in [2.75, 3.05) is 13.1 Å². The maximum absolute atomic E-state index is 12.1. The van der Waals surface area contributed by atoms with Gasteiger partial charge in [-0.3, -0.25) is 19.8 Å². The number of hydrogen-bond donors (Lipinski definition) is 0. The molecule has 1 saturated heterocycles. The van der Waals surface area contributed by atoms with E-state index in [-0.39, 0.29) is 17.3 Å². The van der Waals surface area contributed by atoms with Gasteiger partial charge in [0, 0.05) is 30.9 Å². The van der Waals surface area contributed by atoms with Crippen molar-refractivity contribution in [3.8, 4) is 0 Å². The molecule has 5 nitrogen and oxygen atoms in total. The van der Waals surface area contributed by atoms with E-state index in [4.69, 9.17) is 0 Å². The standard InChI is InChI=1S/C15H20N2O3/c1-2-6-14(18)15(17(19)20)9-10-16(12-15)11-13-7-4-3-5-8-13/h3-5,7-8H,2,6,9-12H2,1H3. The van der Waals surface area contributed by atoms with Gasteiger partial charge >= 0.3 is 0 Å². The van der Waals surface area contributed by atoms with E-state index in [2.05, 4.69) is 0 Å². The van der Waals surface area contributed by atoms with Gasteiger partial charge < -0.3 is 0 Å². The van der Waals surface area contributed by atoms with Gasteiger partial charge in [0.15, 0.2) is 0 Å². The Morgan fingerprint density at radius 2 is 2.10 bits per heavy atom. The van der Waals surface area contributed by atoms with Gasteiger partial charge in [0.1, 0.15) is 0 Å². The quantitative estimate of drug-likeness (QED) is 0.590. The molecule has 108 valence electrons. The predicted molar refractivity (Wildman–Crippen MR) is 76.0 cm³/mol. The highest BCUT2D eigenvalue weighted by atomic mass is 16.6. The van der Waals surface area contributed by atoms with E-state index in [0.717, 1.165) is 5.56 Å². The van der Waals surface area contributed by atoms with Gasteiger partial charge in [-0.1, -0.05) is 37.3 Å². The van der Waals surface area contributed by atoms with Crippen LogP contribution in [0.25, 0.3) is 0 Å². The Morgan fingerprint density at radius 3 is 2.70 bits per heavy atom. The fourth-order valence-electron chi connectivity index (χ4n) is 2.79. The van der Waals surface area contributed by atoms with E-state index in [1.807, 2.05) is 42.2 Å². The van der Waals surface area contributed by atoms with E-state index in [0.29, 0.717) is 32.4 Å². The number of Topliss-reactive ketones (excluding diaryl/α,β-unsaturated/α-hetero) is 1. The van der Waals surface area contributed by atoms with Crippen molar-refractivity contribution in [1.82, 2.24) is 4.90 Å². The maximum Gasteiger partial charge on any atom is 0.292 e. The van der Waals surface area contributed by atoms with Crippen LogP contribution in [0.3, 0.4) is 0 Å². The van der Waals surface area contributed by atoms with Crippen LogP contribution >= 0.6 is 0 Å². The number of likely N-dealkylation sites (tertiary alicyclic amines) is 1. The Labute approximate surface area is 118 Å². The summed E-state index contributed by atoms with van der Waals surface area (Å²) in [6, 6.07) is 9.85. The molecule has 1 fully saturated rings. The molecule has 2 rings (SSSR count). The SMILES string of the molecule is CCCC(=O)C1([N+](=O)[O-])CCN(Cc2ccccc2)C1. The van der Waals surface area contributed by atoms with Crippen LogP contribution in [0.5, 0.6) is 0 Å². The lowest BCUT2D eigenvalue weighted by Crippen LogP contribution is -2.48. The summed E-state index contributed by atoms with van der Waals surface area (Å²) in [5, 5.41) is 11.4. The maximum atomic E-state index is 12.1. The Kier molecular flexibility index (Phi) is 4.49. The lowest BCUT2D eigenvalue weighted by molar-refractivity contribution is -0.547. The van der Waals surface area contributed by atoms with E-state index in [9.17, 15) is 14.9 Å². The molecule has 0 aliphatic carbocycles. The molecule has 0 N–H and O–H groups in total. The number of nitrogens with zero attached hydrogens (tertiary/aromatic N) is 2. The Balaban J connectivity index is 2.08. The van der Waals surface area contributed by atoms with Crippen LogP contribution in [0.2, 0.25) is 0 Å². The first-order valence-corrected chi connectivity index (χ1v) is 7.02. The van der Waals surface area contributed by atoms with Crippen molar-refractivity contribution >= 4 is 5.78 Å². The Bertz CT molecular complexity index is 489. The van der Waals surface area contributed by atoms with Gasteiger partial charge in [-0.15, -0.1) is 0 Å². The fourth-order valence-corrected chi connectivity index (χ4v) is 2.79. The highest BCUT2D eigenvalue weighted by Gasteiger charge is 2.54. The van der Waals surface area contributed by atoms with Crippen LogP contribution in [0.15, 0.2) is 30.3 Å². The number of ketones is 1. The molecule has 1 unspecified atom stereocenters. The normalized spacial score (nSPS) is 22.9. The third-order valence-corrected chi connectivity index (χ3v) is 3.92. The highest BCUT2D eigenvalue weighted by Crippen LogP contribution is 2.28. The number of nitro groups is 1. The zero-order valence-electron chi connectivity index (χ0n) is 11.7. The van der Waals surface area contributed by atoms with Crippen LogP contribution in [0, 0.1) is 10.1 Å². The molecular weight excluding hydrogens is 256 g/mol. The molecule has 0 bridgehead atoms. The minimum Gasteiger partial charge on any atom is -0.292 e. The van der Waals surface area contributed by atoms with Crippen molar-refractivity contribution in [3.63, 3.8) is 0 Å². The summed E-state index contributed by atoms with van der Waals surface area (Å²) in [5.41, 5.74) is -0.264. The largest absolute Gasteiger partial charge is 0.292 e. The molecule has 1 atom stereocenters. The smallest absolute Gasteiger partial charge is 0.292 e. The van der Waals surface area contributed by atoms with Crippen LogP contribution in [0.4, 0.5) is 0 Å². The van der Waals surface area contributed by atoms with Gasteiger partial charge in [0.25, 0.3) is 5.54 Å². The van der Waals surface area contributed by atoms with E-state index in [1.54, 1.807) is 0 Å². The topological polar surface area (TPSA) is 63.4 Å². The van der Waals surface area contributed by atoms with E-state index >= 15 is 0 Å². The second kappa shape index (κ2) is 6.13. The second-order valence-corrected chi connectivity index (χ2v) is 5.41. The summed E-state index contributed by atoms with van der Waals surface area (Å²) in [5.74, 6) is -0.222. The molecule has 0 amide bonds. The zero-order valence-corrected chi connectivity index (χ0v) is 11.7. The monoisotopic (exact) mass is 276 g/mol. The summed E-state index contributed by atoms with van der Waals surface area (Å²) in [6.07, 6.45) is 1.28. The Hall–Kier alpha value is -1.75. The summed E-state index contributed by atoms with van der Waals surface area (Å²) < 4.78 is 0. The van der Waals surface area contributed by atoms with Gasteiger partial charge in [0.05, 0.1) is 6.54 Å². The number of rotatable bonds is 6. The highest BCUT2D eigenvalue weighted by molar-refractivity contribution is 5.87. The molecule has 20 heavy (non-hydrogen) atoms. The van der Waals surface area contributed by atoms with Crippen molar-refractivity contribution < 1.29 is 9.72 Å². The van der Waals surface area contributed by atoms with Crippen molar-refractivity contribution in [2.24, 2.45) is 0 Å². The molecule has 0 saturated carbocycles. The predicted octanol–water partition coefficient (Wildman–Crippen LogP) is 2.28. The molecular formula is C15H20N2O3. The van der Waals surface area contributed by atoms with Crippen LogP contribution in [-0.4, -0.2) is 34.2 Å². The zero-order chi connectivity index (χ0) is 14.6. The van der Waals surface area contributed by atoms with Crippen LogP contribution in [-0.2, 0) is 11.3 Å². The van der Waals surface area contributed by atoms with E-state index < -0.39 is 5.54 Å². The molecule has 0 radical (unpaired) electrons. The van der Waals surface area contributed by atoms with Crippen LogP contribution < -0.4 is 0 Å². The average Bonchev–Trinajstić information content (AvgIpc) is 2.85. The number of carbonyl (C=O) groups excluding carboxylic acids is 1. The lowest BCUT2D eigenvalue weighted by Gasteiger charge is -2.20. The van der Waals surface area contributed by atoms with Crippen molar-refractivity contribution in [1.29, 1.82) is 0 Å². The fraction of sp³-hybridized carbons (Fsp3) is 0.533.